The molecule has 138 valence electrons. The van der Waals surface area contributed by atoms with Crippen molar-refractivity contribution in [3.8, 4) is 5.69 Å². The molecule has 0 saturated carbocycles. The highest BCUT2D eigenvalue weighted by Gasteiger charge is 2.24. The summed E-state index contributed by atoms with van der Waals surface area (Å²) in [6.45, 7) is 0.0221. The van der Waals surface area contributed by atoms with Crippen LogP contribution in [0.1, 0.15) is 33.7 Å². The van der Waals surface area contributed by atoms with Gasteiger partial charge in [0.25, 0.3) is 0 Å². The fourth-order valence-electron chi connectivity index (χ4n) is 3.20. The van der Waals surface area contributed by atoms with E-state index in [1.807, 2.05) is 0 Å². The second kappa shape index (κ2) is 7.29. The van der Waals surface area contributed by atoms with Gasteiger partial charge in [-0.2, -0.15) is 5.10 Å². The van der Waals surface area contributed by atoms with Crippen LogP contribution in [0.2, 0.25) is 10.3 Å². The lowest BCUT2D eigenvalue weighted by Gasteiger charge is -2.06. The number of hydrogen-bond donors (Lipinski definition) is 0. The molecular formula is C19H14Cl2FN3O2. The number of carbonyl (C=O) groups excluding carboxylic acids is 1. The highest BCUT2D eigenvalue weighted by Crippen LogP contribution is 2.28. The second-order valence-electron chi connectivity index (χ2n) is 6.16. The smallest absolute Gasteiger partial charge is 0.341 e. The number of halogens is 3. The van der Waals surface area contributed by atoms with Crippen LogP contribution in [0.3, 0.4) is 0 Å². The van der Waals surface area contributed by atoms with Crippen molar-refractivity contribution >= 4 is 29.2 Å². The van der Waals surface area contributed by atoms with E-state index >= 15 is 0 Å². The van der Waals surface area contributed by atoms with E-state index in [0.717, 1.165) is 36.2 Å². The van der Waals surface area contributed by atoms with Crippen molar-refractivity contribution in [1.82, 2.24) is 14.8 Å². The largest absolute Gasteiger partial charge is 0.455 e. The molecule has 5 nitrogen and oxygen atoms in total. The molecule has 0 aliphatic heterocycles. The highest BCUT2D eigenvalue weighted by atomic mass is 35.5. The van der Waals surface area contributed by atoms with Gasteiger partial charge in [0.1, 0.15) is 28.4 Å². The summed E-state index contributed by atoms with van der Waals surface area (Å²) in [4.78, 5) is 16.1. The highest BCUT2D eigenvalue weighted by molar-refractivity contribution is 6.34. The van der Waals surface area contributed by atoms with E-state index in [1.54, 1.807) is 16.8 Å². The van der Waals surface area contributed by atoms with E-state index < -0.39 is 5.97 Å². The van der Waals surface area contributed by atoms with Gasteiger partial charge in [0.15, 0.2) is 0 Å². The molecule has 2 aromatic heterocycles. The lowest BCUT2D eigenvalue weighted by molar-refractivity contribution is 0.0466. The number of hydrogen-bond acceptors (Lipinski definition) is 4. The van der Waals surface area contributed by atoms with Crippen molar-refractivity contribution in [3.05, 3.63) is 75.0 Å². The summed E-state index contributed by atoms with van der Waals surface area (Å²) in [5.41, 5.74) is 3.76. The number of rotatable bonds is 4. The standard InChI is InChI=1S/C19H14Cl2FN3O2/c20-17-9-8-14(18(21)23-17)19(26)27-10-15-13-2-1-3-16(13)25(24-15)12-6-4-11(22)5-7-12/h4-9H,1-3,10H2. The fraction of sp³-hybridized carbons (Fsp3) is 0.211. The first-order valence-corrected chi connectivity index (χ1v) is 9.13. The number of ether oxygens (including phenoxy) is 1. The van der Waals surface area contributed by atoms with Crippen LogP contribution in [-0.4, -0.2) is 20.7 Å². The van der Waals surface area contributed by atoms with E-state index in [0.29, 0.717) is 5.69 Å². The third-order valence-corrected chi connectivity index (χ3v) is 4.96. The van der Waals surface area contributed by atoms with E-state index in [9.17, 15) is 9.18 Å². The summed E-state index contributed by atoms with van der Waals surface area (Å²) in [5.74, 6) is -0.891. The summed E-state index contributed by atoms with van der Waals surface area (Å²) in [6, 6.07) is 9.10. The Bertz CT molecular complexity index is 1020. The molecule has 0 radical (unpaired) electrons. The van der Waals surface area contributed by atoms with Crippen LogP contribution in [0.25, 0.3) is 5.69 Å². The molecule has 0 bridgehead atoms. The van der Waals surface area contributed by atoms with Gasteiger partial charge in [0.05, 0.1) is 11.3 Å². The zero-order valence-electron chi connectivity index (χ0n) is 14.1. The lowest BCUT2D eigenvalue weighted by atomic mass is 10.2. The Morgan fingerprint density at radius 3 is 2.67 bits per heavy atom. The van der Waals surface area contributed by atoms with Gasteiger partial charge in [-0.05, 0) is 55.7 Å². The Kier molecular flexibility index (Phi) is 4.85. The average Bonchev–Trinajstić information content (AvgIpc) is 3.23. The van der Waals surface area contributed by atoms with Gasteiger partial charge in [-0.25, -0.2) is 18.9 Å². The van der Waals surface area contributed by atoms with Crippen molar-refractivity contribution in [3.63, 3.8) is 0 Å². The molecule has 27 heavy (non-hydrogen) atoms. The number of benzene rings is 1. The van der Waals surface area contributed by atoms with Crippen molar-refractivity contribution in [2.45, 2.75) is 25.9 Å². The molecule has 1 aliphatic rings. The maximum absolute atomic E-state index is 13.2. The molecule has 1 aliphatic carbocycles. The Morgan fingerprint density at radius 1 is 1.15 bits per heavy atom. The molecule has 8 heteroatoms. The Hall–Kier alpha value is -2.44. The van der Waals surface area contributed by atoms with Crippen LogP contribution >= 0.6 is 23.2 Å². The second-order valence-corrected chi connectivity index (χ2v) is 6.91. The van der Waals surface area contributed by atoms with Crippen molar-refractivity contribution in [2.75, 3.05) is 0 Å². The minimum absolute atomic E-state index is 0.00503. The molecule has 0 spiro atoms. The topological polar surface area (TPSA) is 57.0 Å². The van der Waals surface area contributed by atoms with Gasteiger partial charge in [0.2, 0.25) is 0 Å². The minimum Gasteiger partial charge on any atom is -0.455 e. The van der Waals surface area contributed by atoms with E-state index in [4.69, 9.17) is 27.9 Å². The number of nitrogens with zero attached hydrogens (tertiary/aromatic N) is 3. The number of pyridine rings is 1. The van der Waals surface area contributed by atoms with E-state index in [1.165, 1.54) is 24.3 Å². The van der Waals surface area contributed by atoms with Crippen LogP contribution in [0, 0.1) is 5.82 Å². The van der Waals surface area contributed by atoms with E-state index in [2.05, 4.69) is 10.1 Å². The van der Waals surface area contributed by atoms with Crippen LogP contribution in [0.4, 0.5) is 4.39 Å². The number of carbonyl (C=O) groups is 1. The van der Waals surface area contributed by atoms with Crippen LogP contribution in [0.15, 0.2) is 36.4 Å². The SMILES string of the molecule is O=C(OCc1nn(-c2ccc(F)cc2)c2c1CCC2)c1ccc(Cl)nc1Cl. The predicted molar refractivity (Wildman–Crippen MR) is 98.9 cm³/mol. The third-order valence-electron chi connectivity index (χ3n) is 4.46. The van der Waals surface area contributed by atoms with Gasteiger partial charge >= 0.3 is 5.97 Å². The van der Waals surface area contributed by atoms with Gasteiger partial charge in [0, 0.05) is 11.3 Å². The molecule has 0 N–H and O–H groups in total. The Morgan fingerprint density at radius 2 is 1.93 bits per heavy atom. The minimum atomic E-state index is -0.591. The first-order valence-electron chi connectivity index (χ1n) is 8.37. The van der Waals surface area contributed by atoms with Gasteiger partial charge < -0.3 is 4.74 Å². The molecule has 1 aromatic carbocycles. The Labute approximate surface area is 164 Å². The lowest BCUT2D eigenvalue weighted by Crippen LogP contribution is -2.08. The van der Waals surface area contributed by atoms with Crippen LogP contribution < -0.4 is 0 Å². The first kappa shape index (κ1) is 17.9. The van der Waals surface area contributed by atoms with Crippen LogP contribution in [0.5, 0.6) is 0 Å². The molecule has 4 rings (SSSR count). The number of fused-ring (bicyclic) bond motifs is 1. The zero-order valence-corrected chi connectivity index (χ0v) is 15.6. The zero-order chi connectivity index (χ0) is 19.0. The normalized spacial score (nSPS) is 12.9. The van der Waals surface area contributed by atoms with Crippen molar-refractivity contribution in [1.29, 1.82) is 0 Å². The fourth-order valence-corrected chi connectivity index (χ4v) is 3.62. The van der Waals surface area contributed by atoms with Gasteiger partial charge in [-0.1, -0.05) is 23.2 Å². The summed E-state index contributed by atoms with van der Waals surface area (Å²) >= 11 is 11.7. The molecule has 0 atom stereocenters. The quantitative estimate of drug-likeness (QED) is 0.471. The molecule has 0 amide bonds. The van der Waals surface area contributed by atoms with Crippen molar-refractivity contribution in [2.24, 2.45) is 0 Å². The number of esters is 1. The predicted octanol–water partition coefficient (Wildman–Crippen LogP) is 4.56. The van der Waals surface area contributed by atoms with Crippen LogP contribution in [-0.2, 0) is 24.2 Å². The van der Waals surface area contributed by atoms with Gasteiger partial charge in [-0.15, -0.1) is 0 Å². The monoisotopic (exact) mass is 405 g/mol. The summed E-state index contributed by atoms with van der Waals surface area (Å²) in [5, 5.41) is 4.78. The summed E-state index contributed by atoms with van der Waals surface area (Å²) in [6.07, 6.45) is 2.75. The molecule has 0 fully saturated rings. The third kappa shape index (κ3) is 3.55. The molecule has 0 unspecified atom stereocenters. The molecule has 0 saturated heterocycles. The molecular weight excluding hydrogens is 392 g/mol. The number of aromatic nitrogens is 3. The summed E-state index contributed by atoms with van der Waals surface area (Å²) < 4.78 is 20.4. The first-order chi connectivity index (χ1) is 13.0. The maximum atomic E-state index is 13.2. The Balaban J connectivity index is 1.57. The van der Waals surface area contributed by atoms with Gasteiger partial charge in [-0.3, -0.25) is 0 Å². The van der Waals surface area contributed by atoms with Crippen molar-refractivity contribution < 1.29 is 13.9 Å². The molecule has 3 aromatic rings. The van der Waals surface area contributed by atoms with E-state index in [-0.39, 0.29) is 28.3 Å². The maximum Gasteiger partial charge on any atom is 0.341 e. The average molecular weight is 406 g/mol. The summed E-state index contributed by atoms with van der Waals surface area (Å²) in [7, 11) is 0. The molecule has 2 heterocycles.